The summed E-state index contributed by atoms with van der Waals surface area (Å²) in [5.41, 5.74) is 12.1. The molecule has 0 aliphatic rings. The molecular formula is C64H54N4O4. The molecule has 0 aliphatic heterocycles. The molecule has 4 aromatic heterocycles. The topological polar surface area (TPSA) is 65.5 Å². The summed E-state index contributed by atoms with van der Waals surface area (Å²) in [7, 11) is 0. The molecule has 12 rings (SSSR count). The maximum atomic E-state index is 6.28. The van der Waals surface area contributed by atoms with Gasteiger partial charge in [-0.25, -0.2) is 0 Å². The number of aryl methyl sites for hydroxylation is 4. The van der Waals surface area contributed by atoms with E-state index in [4.69, 9.17) is 17.7 Å². The van der Waals surface area contributed by atoms with E-state index in [0.29, 0.717) is 25.7 Å². The minimum absolute atomic E-state index is 0.717. The van der Waals surface area contributed by atoms with Crippen LogP contribution < -0.4 is 19.6 Å². The van der Waals surface area contributed by atoms with Crippen molar-refractivity contribution < 1.29 is 17.7 Å². The average molecular weight is 943 g/mol. The Kier molecular flexibility index (Phi) is 11.6. The van der Waals surface area contributed by atoms with Crippen molar-refractivity contribution in [2.45, 2.75) is 53.4 Å². The van der Waals surface area contributed by atoms with Crippen LogP contribution in [0.15, 0.2) is 225 Å². The Morgan fingerprint density at radius 1 is 0.264 bits per heavy atom. The number of rotatable bonds is 16. The lowest BCUT2D eigenvalue weighted by molar-refractivity contribution is 0.516. The molecule has 0 N–H and O–H groups in total. The summed E-state index contributed by atoms with van der Waals surface area (Å²) in [4.78, 5) is 9.51. The Morgan fingerprint density at radius 3 is 0.694 bits per heavy atom. The molecule has 0 fully saturated rings. The van der Waals surface area contributed by atoms with Crippen LogP contribution >= 0.6 is 0 Å². The van der Waals surface area contributed by atoms with Crippen molar-refractivity contribution in [2.75, 3.05) is 19.6 Å². The van der Waals surface area contributed by atoms with Gasteiger partial charge in [-0.1, -0.05) is 125 Å². The summed E-state index contributed by atoms with van der Waals surface area (Å²) in [6.45, 7) is 8.60. The van der Waals surface area contributed by atoms with Gasteiger partial charge in [-0.2, -0.15) is 0 Å². The molecule has 0 aliphatic carbocycles. The highest BCUT2D eigenvalue weighted by Gasteiger charge is 2.31. The van der Waals surface area contributed by atoms with Gasteiger partial charge in [0.1, 0.15) is 23.0 Å². The molecule has 0 amide bonds. The second kappa shape index (κ2) is 18.8. The molecule has 354 valence electrons. The van der Waals surface area contributed by atoms with Crippen LogP contribution in [0.3, 0.4) is 0 Å². The molecule has 4 heterocycles. The molecule has 0 atom stereocenters. The Balaban J connectivity index is 1.30. The zero-order valence-electron chi connectivity index (χ0n) is 40.9. The second-order valence-corrected chi connectivity index (χ2v) is 17.9. The fourth-order valence-electron chi connectivity index (χ4n) is 10.8. The van der Waals surface area contributed by atoms with E-state index in [-0.39, 0.29) is 0 Å². The van der Waals surface area contributed by atoms with Crippen molar-refractivity contribution in [3.8, 4) is 0 Å². The maximum Gasteiger partial charge on any atom is 0.127 e. The molecule has 0 spiro atoms. The summed E-state index contributed by atoms with van der Waals surface area (Å²) >= 11 is 0. The van der Waals surface area contributed by atoms with Crippen LogP contribution in [0.25, 0.3) is 32.3 Å². The summed E-state index contributed by atoms with van der Waals surface area (Å²) in [5, 5.41) is 6.60. The highest BCUT2D eigenvalue weighted by molar-refractivity contribution is 6.33. The van der Waals surface area contributed by atoms with Gasteiger partial charge >= 0.3 is 0 Å². The molecule has 0 saturated carbocycles. The first kappa shape index (κ1) is 44.3. The van der Waals surface area contributed by atoms with Crippen molar-refractivity contribution in [1.29, 1.82) is 0 Å². The van der Waals surface area contributed by atoms with E-state index < -0.39 is 0 Å². The monoisotopic (exact) mass is 942 g/mol. The Morgan fingerprint density at radius 2 is 0.486 bits per heavy atom. The van der Waals surface area contributed by atoms with Crippen LogP contribution in [-0.4, -0.2) is 0 Å². The predicted octanol–water partition coefficient (Wildman–Crippen LogP) is 19.1. The zero-order chi connectivity index (χ0) is 48.7. The van der Waals surface area contributed by atoms with Crippen molar-refractivity contribution >= 4 is 101 Å². The number of anilines is 12. The number of hydrogen-bond donors (Lipinski definition) is 0. The lowest BCUT2D eigenvalue weighted by Gasteiger charge is -2.34. The molecule has 0 saturated heterocycles. The highest BCUT2D eigenvalue weighted by atomic mass is 16.3. The minimum atomic E-state index is 0.717. The van der Waals surface area contributed by atoms with E-state index in [1.165, 1.54) is 0 Å². The highest BCUT2D eigenvalue weighted by Crippen LogP contribution is 2.56. The molecule has 0 unspecified atom stereocenters. The first-order valence-electron chi connectivity index (χ1n) is 25.0. The second-order valence-electron chi connectivity index (χ2n) is 17.9. The van der Waals surface area contributed by atoms with Crippen molar-refractivity contribution in [3.63, 3.8) is 0 Å². The lowest BCUT2D eigenvalue weighted by Crippen LogP contribution is -2.16. The van der Waals surface area contributed by atoms with E-state index in [9.17, 15) is 0 Å². The van der Waals surface area contributed by atoms with Crippen molar-refractivity contribution in [3.05, 3.63) is 230 Å². The number of para-hydroxylation sites is 4. The van der Waals surface area contributed by atoms with Gasteiger partial charge in [-0.15, -0.1) is 0 Å². The quantitative estimate of drug-likeness (QED) is 0.0888. The first-order chi connectivity index (χ1) is 35.6. The van der Waals surface area contributed by atoms with E-state index in [0.717, 1.165) is 124 Å². The SMILES string of the molecule is CCc1occc1N(c1ccccc1)c1cc(N(c2ccccc2)c2ccoc2CC)c2ccc3c(N(c4ccccc4)c4ccoc4CC)cc(N(c4ccccc4)c4ccoc4CC)c4ccc1c2c43. The van der Waals surface area contributed by atoms with E-state index >= 15 is 0 Å². The molecular weight excluding hydrogens is 889 g/mol. The van der Waals surface area contributed by atoms with Gasteiger partial charge < -0.3 is 37.3 Å². The lowest BCUT2D eigenvalue weighted by atomic mass is 9.89. The molecule has 8 nitrogen and oxygen atoms in total. The Labute approximate surface area is 419 Å². The molecule has 72 heavy (non-hydrogen) atoms. The smallest absolute Gasteiger partial charge is 0.127 e. The molecule has 8 aromatic carbocycles. The molecule has 0 bridgehead atoms. The van der Waals surface area contributed by atoms with Crippen LogP contribution in [0.5, 0.6) is 0 Å². The molecule has 8 heteroatoms. The maximum absolute atomic E-state index is 6.28. The van der Waals surface area contributed by atoms with Crippen LogP contribution in [0.1, 0.15) is 50.7 Å². The number of benzene rings is 8. The van der Waals surface area contributed by atoms with Gasteiger partial charge in [0.25, 0.3) is 0 Å². The van der Waals surface area contributed by atoms with Crippen LogP contribution in [0.2, 0.25) is 0 Å². The van der Waals surface area contributed by atoms with Crippen LogP contribution in [0.4, 0.5) is 68.2 Å². The predicted molar refractivity (Wildman–Crippen MR) is 295 cm³/mol. The minimum Gasteiger partial charge on any atom is -0.467 e. The third-order valence-corrected chi connectivity index (χ3v) is 14.0. The third kappa shape index (κ3) is 7.37. The largest absolute Gasteiger partial charge is 0.467 e. The Hall–Kier alpha value is -8.88. The number of hydrogen-bond acceptors (Lipinski definition) is 8. The standard InChI is InChI=1S/C64H54N4O4/c1-5-59-51(33-37-69-59)65(43-21-13-9-14-22-43)55-41-56(66(44-23-15-10-16-24-44)52-34-38-70-60(52)6-2)48-31-32-50-58(68(46-27-19-12-20-28-46)54-36-40-72-62(54)8-4)42-57(49-30-29-47(55)63(48)64(49)50)67(45-25-17-11-18-26-45)53-35-39-71-61(53)7-3/h9-42H,5-8H2,1-4H3. The summed E-state index contributed by atoms with van der Waals surface area (Å²) in [6, 6.07) is 65.1. The van der Waals surface area contributed by atoms with Gasteiger partial charge in [0.15, 0.2) is 0 Å². The van der Waals surface area contributed by atoms with Crippen LogP contribution in [-0.2, 0) is 25.7 Å². The zero-order valence-corrected chi connectivity index (χ0v) is 40.9. The normalized spacial score (nSPS) is 11.6. The van der Waals surface area contributed by atoms with Crippen molar-refractivity contribution in [2.24, 2.45) is 0 Å². The molecule has 0 radical (unpaired) electrons. The fourth-order valence-corrected chi connectivity index (χ4v) is 10.8. The van der Waals surface area contributed by atoms with Gasteiger partial charge in [-0.3, -0.25) is 0 Å². The van der Waals surface area contributed by atoms with E-state index in [2.05, 4.69) is 229 Å². The Bertz CT molecular complexity index is 3290. The number of nitrogens with zero attached hydrogens (tertiary/aromatic N) is 4. The van der Waals surface area contributed by atoms with Gasteiger partial charge in [0.05, 0.1) is 70.6 Å². The fraction of sp³-hybridized carbons (Fsp3) is 0.125. The van der Waals surface area contributed by atoms with E-state index in [1.807, 2.05) is 25.1 Å². The summed E-state index contributed by atoms with van der Waals surface area (Å²) in [5.74, 6) is 3.59. The van der Waals surface area contributed by atoms with Gasteiger partial charge in [0, 0.05) is 105 Å². The molecule has 12 aromatic rings. The first-order valence-corrected chi connectivity index (χ1v) is 25.0. The van der Waals surface area contributed by atoms with E-state index in [1.54, 1.807) is 0 Å². The average Bonchev–Trinajstić information content (AvgIpc) is 4.30. The van der Waals surface area contributed by atoms with Crippen molar-refractivity contribution in [1.82, 2.24) is 0 Å². The number of furan rings is 4. The summed E-state index contributed by atoms with van der Waals surface area (Å²) in [6.07, 6.45) is 10.1. The van der Waals surface area contributed by atoms with Gasteiger partial charge in [0.2, 0.25) is 0 Å². The summed E-state index contributed by atoms with van der Waals surface area (Å²) < 4.78 is 25.1. The van der Waals surface area contributed by atoms with Crippen LogP contribution in [0, 0.1) is 0 Å². The van der Waals surface area contributed by atoms with Gasteiger partial charge in [-0.05, 0) is 60.7 Å². The third-order valence-electron chi connectivity index (χ3n) is 14.0.